The molecule has 1 rings (SSSR count). The monoisotopic (exact) mass is 241 g/mol. The fourth-order valence-corrected chi connectivity index (χ4v) is 1.79. The van der Waals surface area contributed by atoms with E-state index in [2.05, 4.69) is 10.3 Å². The third-order valence-electron chi connectivity index (χ3n) is 2.34. The average molecular weight is 241 g/mol. The summed E-state index contributed by atoms with van der Waals surface area (Å²) in [5, 5.41) is 5.79. The summed E-state index contributed by atoms with van der Waals surface area (Å²) in [7, 11) is 0. The Morgan fingerprint density at radius 2 is 2.31 bits per heavy atom. The van der Waals surface area contributed by atoms with Gasteiger partial charge >= 0.3 is 0 Å². The van der Waals surface area contributed by atoms with Gasteiger partial charge in [0.05, 0.1) is 11.0 Å². The van der Waals surface area contributed by atoms with Gasteiger partial charge in [-0.1, -0.05) is 20.8 Å². The molecule has 4 nitrogen and oxygen atoms in total. The van der Waals surface area contributed by atoms with Crippen LogP contribution < -0.4 is 11.1 Å². The highest BCUT2D eigenvalue weighted by atomic mass is 32.1. The molecular formula is C11H19N3OS. The molecule has 0 saturated heterocycles. The smallest absolute Gasteiger partial charge is 0.237 e. The fraction of sp³-hybridized carbons (Fsp3) is 0.636. The predicted octanol–water partition coefficient (Wildman–Crippen LogP) is 1.18. The highest BCUT2D eigenvalue weighted by molar-refractivity contribution is 7.09. The first-order valence-corrected chi connectivity index (χ1v) is 6.21. The van der Waals surface area contributed by atoms with Gasteiger partial charge in [0, 0.05) is 24.5 Å². The standard InChI is InChI=1S/C11H19N3OS/c1-11(2,3)9(12)10(15)14-5-4-8-13-6-7-16-8/h6-7,9H,4-5,12H2,1-3H3,(H,14,15)/t9-/m1/s1. The van der Waals surface area contributed by atoms with Gasteiger partial charge in [0.1, 0.15) is 0 Å². The van der Waals surface area contributed by atoms with Gasteiger partial charge < -0.3 is 11.1 Å². The molecule has 1 atom stereocenters. The molecule has 0 aromatic carbocycles. The first kappa shape index (κ1) is 13.1. The lowest BCUT2D eigenvalue weighted by molar-refractivity contribution is -0.124. The molecule has 0 saturated carbocycles. The number of nitrogens with one attached hydrogen (secondary N) is 1. The van der Waals surface area contributed by atoms with Gasteiger partial charge in [-0.25, -0.2) is 4.98 Å². The molecule has 16 heavy (non-hydrogen) atoms. The van der Waals surface area contributed by atoms with Gasteiger partial charge in [0.25, 0.3) is 0 Å². The normalized spacial score (nSPS) is 13.5. The topological polar surface area (TPSA) is 68.0 Å². The molecule has 3 N–H and O–H groups in total. The maximum atomic E-state index is 11.7. The summed E-state index contributed by atoms with van der Waals surface area (Å²) in [4.78, 5) is 15.8. The SMILES string of the molecule is CC(C)(C)[C@H](N)C(=O)NCCc1nccs1. The Kier molecular flexibility index (Phi) is 4.44. The first-order chi connectivity index (χ1) is 7.41. The zero-order valence-corrected chi connectivity index (χ0v) is 10.8. The van der Waals surface area contributed by atoms with Crippen LogP contribution in [0.4, 0.5) is 0 Å². The van der Waals surface area contributed by atoms with Crippen LogP contribution in [0.5, 0.6) is 0 Å². The molecular weight excluding hydrogens is 222 g/mol. The van der Waals surface area contributed by atoms with E-state index in [4.69, 9.17) is 5.73 Å². The third kappa shape index (κ3) is 3.90. The maximum absolute atomic E-state index is 11.7. The van der Waals surface area contributed by atoms with E-state index in [1.54, 1.807) is 17.5 Å². The number of carbonyl (C=O) groups is 1. The van der Waals surface area contributed by atoms with Crippen LogP contribution in [-0.2, 0) is 11.2 Å². The van der Waals surface area contributed by atoms with E-state index >= 15 is 0 Å². The average Bonchev–Trinajstić information content (AvgIpc) is 2.67. The molecule has 0 aliphatic heterocycles. The van der Waals surface area contributed by atoms with Crippen molar-refractivity contribution in [3.05, 3.63) is 16.6 Å². The summed E-state index contributed by atoms with van der Waals surface area (Å²) in [6.07, 6.45) is 2.53. The van der Waals surface area contributed by atoms with Crippen molar-refractivity contribution in [3.63, 3.8) is 0 Å². The molecule has 5 heteroatoms. The summed E-state index contributed by atoms with van der Waals surface area (Å²) in [6, 6.07) is -0.469. The van der Waals surface area contributed by atoms with Crippen LogP contribution in [0.25, 0.3) is 0 Å². The van der Waals surface area contributed by atoms with Gasteiger partial charge in [-0.15, -0.1) is 11.3 Å². The molecule has 0 bridgehead atoms. The van der Waals surface area contributed by atoms with E-state index in [1.165, 1.54) is 0 Å². The lowest BCUT2D eigenvalue weighted by Gasteiger charge is -2.25. The number of amides is 1. The lowest BCUT2D eigenvalue weighted by Crippen LogP contribution is -2.48. The quantitative estimate of drug-likeness (QED) is 0.831. The molecule has 90 valence electrons. The molecule has 1 amide bonds. The van der Waals surface area contributed by atoms with Crippen molar-refractivity contribution < 1.29 is 4.79 Å². The van der Waals surface area contributed by atoms with Crippen LogP contribution >= 0.6 is 11.3 Å². The van der Waals surface area contributed by atoms with Crippen molar-refractivity contribution in [2.45, 2.75) is 33.2 Å². The molecule has 1 aromatic heterocycles. The summed E-state index contributed by atoms with van der Waals surface area (Å²) in [5.41, 5.74) is 5.63. The molecule has 0 unspecified atom stereocenters. The first-order valence-electron chi connectivity index (χ1n) is 5.33. The summed E-state index contributed by atoms with van der Waals surface area (Å²) >= 11 is 1.59. The molecule has 0 aliphatic carbocycles. The summed E-state index contributed by atoms with van der Waals surface area (Å²) in [6.45, 7) is 6.46. The van der Waals surface area contributed by atoms with Crippen molar-refractivity contribution >= 4 is 17.2 Å². The number of carbonyl (C=O) groups excluding carboxylic acids is 1. The summed E-state index contributed by atoms with van der Waals surface area (Å²) in [5.74, 6) is -0.0935. The lowest BCUT2D eigenvalue weighted by atomic mass is 9.87. The second-order valence-electron chi connectivity index (χ2n) is 4.81. The number of nitrogens with zero attached hydrogens (tertiary/aromatic N) is 1. The van der Waals surface area contributed by atoms with E-state index in [0.29, 0.717) is 6.54 Å². The van der Waals surface area contributed by atoms with Crippen molar-refractivity contribution in [3.8, 4) is 0 Å². The molecule has 0 radical (unpaired) electrons. The van der Waals surface area contributed by atoms with Crippen LogP contribution in [0.3, 0.4) is 0 Å². The van der Waals surface area contributed by atoms with Crippen molar-refractivity contribution in [2.24, 2.45) is 11.1 Å². The number of thiazole rings is 1. The molecule has 0 aliphatic rings. The minimum absolute atomic E-state index is 0.0935. The van der Waals surface area contributed by atoms with Crippen LogP contribution in [0, 0.1) is 5.41 Å². The zero-order chi connectivity index (χ0) is 12.2. The third-order valence-corrected chi connectivity index (χ3v) is 3.18. The number of aromatic nitrogens is 1. The number of hydrogen-bond acceptors (Lipinski definition) is 4. The maximum Gasteiger partial charge on any atom is 0.237 e. The van der Waals surface area contributed by atoms with E-state index < -0.39 is 6.04 Å². The number of rotatable bonds is 4. The molecule has 0 fully saturated rings. The predicted molar refractivity (Wildman–Crippen MR) is 66.3 cm³/mol. The van der Waals surface area contributed by atoms with Crippen LogP contribution in [0.1, 0.15) is 25.8 Å². The second-order valence-corrected chi connectivity index (χ2v) is 5.79. The second kappa shape index (κ2) is 5.41. The number of hydrogen-bond donors (Lipinski definition) is 2. The Morgan fingerprint density at radius 1 is 1.62 bits per heavy atom. The zero-order valence-electron chi connectivity index (χ0n) is 9.99. The van der Waals surface area contributed by atoms with Crippen molar-refractivity contribution in [1.29, 1.82) is 0 Å². The van der Waals surface area contributed by atoms with Crippen LogP contribution in [-0.4, -0.2) is 23.5 Å². The minimum Gasteiger partial charge on any atom is -0.354 e. The van der Waals surface area contributed by atoms with Gasteiger partial charge in [0.15, 0.2) is 0 Å². The van der Waals surface area contributed by atoms with Crippen LogP contribution in [0.15, 0.2) is 11.6 Å². The Morgan fingerprint density at radius 3 is 2.81 bits per heavy atom. The van der Waals surface area contributed by atoms with Gasteiger partial charge in [0.2, 0.25) is 5.91 Å². The molecule has 1 aromatic rings. The largest absolute Gasteiger partial charge is 0.354 e. The van der Waals surface area contributed by atoms with Crippen molar-refractivity contribution in [1.82, 2.24) is 10.3 Å². The molecule has 0 spiro atoms. The van der Waals surface area contributed by atoms with E-state index in [9.17, 15) is 4.79 Å². The van der Waals surface area contributed by atoms with E-state index in [1.807, 2.05) is 26.2 Å². The fourth-order valence-electron chi connectivity index (χ4n) is 1.17. The van der Waals surface area contributed by atoms with Crippen molar-refractivity contribution in [2.75, 3.05) is 6.54 Å². The Bertz CT molecular complexity index is 329. The Balaban J connectivity index is 2.30. The molecule has 1 heterocycles. The van der Waals surface area contributed by atoms with E-state index in [0.717, 1.165) is 11.4 Å². The van der Waals surface area contributed by atoms with Gasteiger partial charge in [-0.05, 0) is 5.41 Å². The minimum atomic E-state index is -0.469. The highest BCUT2D eigenvalue weighted by Crippen LogP contribution is 2.17. The van der Waals surface area contributed by atoms with Gasteiger partial charge in [-0.2, -0.15) is 0 Å². The van der Waals surface area contributed by atoms with Crippen LogP contribution in [0.2, 0.25) is 0 Å². The van der Waals surface area contributed by atoms with E-state index in [-0.39, 0.29) is 11.3 Å². The Labute approximate surface area is 100 Å². The van der Waals surface area contributed by atoms with Gasteiger partial charge in [-0.3, -0.25) is 4.79 Å². The summed E-state index contributed by atoms with van der Waals surface area (Å²) < 4.78 is 0. The Hall–Kier alpha value is -0.940. The number of nitrogens with two attached hydrogens (primary N) is 1. The highest BCUT2D eigenvalue weighted by Gasteiger charge is 2.26.